The lowest BCUT2D eigenvalue weighted by atomic mass is 9.86. The Hall–Kier alpha value is -6.78. The largest absolute Gasteiger partial charge is 0.265 e. The molecule has 0 saturated carbocycles. The third-order valence-corrected chi connectivity index (χ3v) is 6.77. The van der Waals surface area contributed by atoms with Crippen molar-refractivity contribution in [3.63, 3.8) is 0 Å². The van der Waals surface area contributed by atoms with Gasteiger partial charge < -0.3 is 0 Å². The number of pyridine rings is 4. The van der Waals surface area contributed by atoms with Gasteiger partial charge in [0.25, 0.3) is 0 Å². The Kier molecular flexibility index (Phi) is 17.0. The van der Waals surface area contributed by atoms with Crippen LogP contribution >= 0.6 is 0 Å². The lowest BCUT2D eigenvalue weighted by molar-refractivity contribution is 1.33. The van der Waals surface area contributed by atoms with E-state index in [0.29, 0.717) is 0 Å². The van der Waals surface area contributed by atoms with Crippen molar-refractivity contribution in [2.45, 2.75) is 0 Å². The fourth-order valence-corrected chi connectivity index (χ4v) is 4.58. The smallest absolute Gasteiger partial charge is 0.0267 e. The van der Waals surface area contributed by atoms with Crippen LogP contribution < -0.4 is 0 Å². The van der Waals surface area contributed by atoms with Gasteiger partial charge in [0.2, 0.25) is 0 Å². The summed E-state index contributed by atoms with van der Waals surface area (Å²) in [6.07, 6.45) is 14.0. The van der Waals surface area contributed by atoms with Gasteiger partial charge in [-0.15, -0.1) is 0 Å². The predicted molar refractivity (Wildman–Crippen MR) is 208 cm³/mol. The summed E-state index contributed by atoms with van der Waals surface area (Å²) >= 11 is 0. The summed E-state index contributed by atoms with van der Waals surface area (Å²) in [7, 11) is 0. The number of benzene rings is 4. The molecule has 8 aromatic rings. The van der Waals surface area contributed by atoms with E-state index in [1.54, 1.807) is 49.6 Å². The average Bonchev–Trinajstić information content (AvgIpc) is 3.25. The van der Waals surface area contributed by atoms with Crippen LogP contribution in [0.3, 0.4) is 0 Å². The zero-order valence-corrected chi connectivity index (χ0v) is 27.9. The summed E-state index contributed by atoms with van der Waals surface area (Å²) in [5, 5.41) is 0. The Morgan fingerprint density at radius 2 is 0.360 bits per heavy atom. The summed E-state index contributed by atoms with van der Waals surface area (Å²) in [4.78, 5) is 15.1. The highest BCUT2D eigenvalue weighted by Crippen LogP contribution is 2.36. The Bertz CT molecular complexity index is 1540. The first-order valence-corrected chi connectivity index (χ1v) is 16.3. The first-order valence-electron chi connectivity index (χ1n) is 16.3. The van der Waals surface area contributed by atoms with Gasteiger partial charge in [0, 0.05) is 49.6 Å². The minimum absolute atomic E-state index is 1.22. The summed E-state index contributed by atoms with van der Waals surface area (Å²) in [6.45, 7) is 0. The van der Waals surface area contributed by atoms with Crippen LogP contribution in [0.25, 0.3) is 11.1 Å². The van der Waals surface area contributed by atoms with Crippen LogP contribution in [0, 0.1) is 0 Å². The fraction of sp³-hybridized carbons (Fsp3) is 0. The molecule has 0 aliphatic rings. The maximum atomic E-state index is 3.78. The average molecular weight is 649 g/mol. The van der Waals surface area contributed by atoms with Crippen molar-refractivity contribution in [2.24, 2.45) is 0 Å². The molecule has 0 unspecified atom stereocenters. The van der Waals surface area contributed by atoms with Crippen LogP contribution in [0.4, 0.5) is 0 Å². The van der Waals surface area contributed by atoms with Gasteiger partial charge in [-0.05, 0) is 81.9 Å². The molecule has 0 N–H and O–H groups in total. The molecule has 0 bridgehead atoms. The first kappa shape index (κ1) is 36.1. The van der Waals surface area contributed by atoms with E-state index in [1.807, 2.05) is 72.8 Å². The van der Waals surface area contributed by atoms with Crippen molar-refractivity contribution < 1.29 is 0 Å². The molecule has 244 valence electrons. The maximum Gasteiger partial charge on any atom is 0.0267 e. The zero-order chi connectivity index (χ0) is 34.6. The highest BCUT2D eigenvalue weighted by molar-refractivity contribution is 6.04. The van der Waals surface area contributed by atoms with Crippen LogP contribution in [-0.4, -0.2) is 19.9 Å². The van der Waals surface area contributed by atoms with Crippen LogP contribution in [0.15, 0.2) is 244 Å². The van der Waals surface area contributed by atoms with E-state index in [1.165, 1.54) is 33.4 Å². The van der Waals surface area contributed by atoms with Gasteiger partial charge in [0.15, 0.2) is 0 Å². The third-order valence-electron chi connectivity index (χ3n) is 6.77. The van der Waals surface area contributed by atoms with E-state index in [-0.39, 0.29) is 0 Å². The van der Waals surface area contributed by atoms with E-state index < -0.39 is 0 Å². The van der Waals surface area contributed by atoms with Crippen molar-refractivity contribution in [3.8, 4) is 0 Å². The predicted octanol–water partition coefficient (Wildman–Crippen LogP) is 11.0. The normalized spacial score (nSPS) is 9.20. The second kappa shape index (κ2) is 23.5. The Balaban J connectivity index is 0.000000186. The zero-order valence-electron chi connectivity index (χ0n) is 27.9. The number of nitrogens with zero attached hydrogens (tertiary/aromatic N) is 4. The molecule has 0 radical (unpaired) electrons. The standard InChI is InChI=1S/C26H20.4C5H5N/c1-5-13-21(14-6-1)25(22-15-7-2-8-16-22)26(23-17-9-3-10-18-23)24-19-11-4-12-20-24;4*1-2-4-6-5-3-1/h1-20H;4*1-5H. The molecule has 0 aliphatic carbocycles. The Morgan fingerprint density at radius 3 is 0.480 bits per heavy atom. The van der Waals surface area contributed by atoms with Crippen LogP contribution in [-0.2, 0) is 0 Å². The van der Waals surface area contributed by atoms with E-state index in [2.05, 4.69) is 141 Å². The minimum atomic E-state index is 1.22. The van der Waals surface area contributed by atoms with Gasteiger partial charge in [-0.1, -0.05) is 146 Å². The summed E-state index contributed by atoms with van der Waals surface area (Å²) < 4.78 is 0. The molecule has 4 aromatic heterocycles. The SMILES string of the molecule is c1ccc(C(=C(c2ccccc2)c2ccccc2)c2ccccc2)cc1.c1ccncc1.c1ccncc1.c1ccncc1.c1ccncc1. The van der Waals surface area contributed by atoms with Gasteiger partial charge in [-0.25, -0.2) is 0 Å². The molecule has 50 heavy (non-hydrogen) atoms. The van der Waals surface area contributed by atoms with Crippen LogP contribution in [0.2, 0.25) is 0 Å². The first-order chi connectivity index (χ1) is 24.9. The van der Waals surface area contributed by atoms with Crippen LogP contribution in [0.5, 0.6) is 0 Å². The molecular formula is C46H40N4. The van der Waals surface area contributed by atoms with Crippen molar-refractivity contribution in [2.75, 3.05) is 0 Å². The van der Waals surface area contributed by atoms with Crippen molar-refractivity contribution in [1.29, 1.82) is 0 Å². The van der Waals surface area contributed by atoms with Crippen molar-refractivity contribution >= 4 is 11.1 Å². The molecule has 4 aromatic carbocycles. The molecule has 0 amide bonds. The van der Waals surface area contributed by atoms with Gasteiger partial charge >= 0.3 is 0 Å². The molecule has 4 nitrogen and oxygen atoms in total. The minimum Gasteiger partial charge on any atom is -0.265 e. The topological polar surface area (TPSA) is 51.6 Å². The number of aromatic nitrogens is 4. The van der Waals surface area contributed by atoms with E-state index >= 15 is 0 Å². The second-order valence-electron chi connectivity index (χ2n) is 10.3. The maximum absolute atomic E-state index is 3.78. The number of hydrogen-bond donors (Lipinski definition) is 0. The molecule has 0 saturated heterocycles. The Labute approximate surface area is 296 Å². The van der Waals surface area contributed by atoms with Gasteiger partial charge in [-0.2, -0.15) is 0 Å². The molecule has 4 heteroatoms. The fourth-order valence-electron chi connectivity index (χ4n) is 4.58. The van der Waals surface area contributed by atoms with Crippen molar-refractivity contribution in [3.05, 3.63) is 266 Å². The summed E-state index contributed by atoms with van der Waals surface area (Å²) in [6, 6.07) is 65.5. The van der Waals surface area contributed by atoms with Crippen LogP contribution in [0.1, 0.15) is 22.3 Å². The lowest BCUT2D eigenvalue weighted by Crippen LogP contribution is -1.97. The Morgan fingerprint density at radius 1 is 0.200 bits per heavy atom. The molecule has 0 spiro atoms. The number of rotatable bonds is 4. The van der Waals surface area contributed by atoms with E-state index in [4.69, 9.17) is 0 Å². The molecule has 4 heterocycles. The van der Waals surface area contributed by atoms with Gasteiger partial charge in [-0.3, -0.25) is 19.9 Å². The molecule has 8 rings (SSSR count). The summed E-state index contributed by atoms with van der Waals surface area (Å²) in [5.74, 6) is 0. The molecule has 0 fully saturated rings. The molecular weight excluding hydrogens is 609 g/mol. The van der Waals surface area contributed by atoms with Gasteiger partial charge in [0.1, 0.15) is 0 Å². The molecule has 0 aliphatic heterocycles. The highest BCUT2D eigenvalue weighted by Gasteiger charge is 2.15. The quantitative estimate of drug-likeness (QED) is 0.178. The van der Waals surface area contributed by atoms with E-state index in [0.717, 1.165) is 0 Å². The number of hydrogen-bond acceptors (Lipinski definition) is 4. The lowest BCUT2D eigenvalue weighted by Gasteiger charge is -2.18. The van der Waals surface area contributed by atoms with Gasteiger partial charge in [0.05, 0.1) is 0 Å². The monoisotopic (exact) mass is 648 g/mol. The third kappa shape index (κ3) is 13.9. The highest BCUT2D eigenvalue weighted by atomic mass is 14.6. The summed E-state index contributed by atoms with van der Waals surface area (Å²) in [5.41, 5.74) is 7.40. The van der Waals surface area contributed by atoms with E-state index in [9.17, 15) is 0 Å². The molecule has 0 atom stereocenters. The second-order valence-corrected chi connectivity index (χ2v) is 10.3. The van der Waals surface area contributed by atoms with Crippen molar-refractivity contribution in [1.82, 2.24) is 19.9 Å².